The molecule has 0 amide bonds. The van der Waals surface area contributed by atoms with Gasteiger partial charge in [-0.25, -0.2) is 0 Å². The van der Waals surface area contributed by atoms with Crippen molar-refractivity contribution in [1.82, 2.24) is 5.32 Å². The quantitative estimate of drug-likeness (QED) is 0.892. The monoisotopic (exact) mass is 269 g/mol. The van der Waals surface area contributed by atoms with Crippen LogP contribution in [-0.4, -0.2) is 19.2 Å². The number of hydrogen-bond donors (Lipinski definition) is 1. The number of ether oxygens (including phenoxy) is 1. The normalized spacial score (nSPS) is 20.6. The Balaban J connectivity index is 2.16. The van der Waals surface area contributed by atoms with Crippen LogP contribution in [0.4, 0.5) is 0 Å². The standard InChI is InChI=1S/C12H16BrNO/c1-8-5-11(13)12(6-9(8)2)15-10-3-4-14-7-10/h5-6,10,14H,3-4,7H2,1-2H3. The number of nitrogens with one attached hydrogen (secondary N) is 1. The summed E-state index contributed by atoms with van der Waals surface area (Å²) in [5.74, 6) is 0.965. The molecule has 1 saturated heterocycles. The van der Waals surface area contributed by atoms with Crippen molar-refractivity contribution in [2.45, 2.75) is 26.4 Å². The van der Waals surface area contributed by atoms with Crippen LogP contribution in [0.15, 0.2) is 16.6 Å². The lowest BCUT2D eigenvalue weighted by Crippen LogP contribution is -2.19. The molecule has 0 aliphatic carbocycles. The van der Waals surface area contributed by atoms with Gasteiger partial charge in [-0.1, -0.05) is 0 Å². The lowest BCUT2D eigenvalue weighted by atomic mass is 10.1. The van der Waals surface area contributed by atoms with Gasteiger partial charge in [0.05, 0.1) is 4.47 Å². The average Bonchev–Trinajstić information content (AvgIpc) is 2.67. The van der Waals surface area contributed by atoms with Crippen LogP contribution >= 0.6 is 15.9 Å². The van der Waals surface area contributed by atoms with Crippen LogP contribution in [0.1, 0.15) is 17.5 Å². The van der Waals surface area contributed by atoms with E-state index in [4.69, 9.17) is 4.74 Å². The van der Waals surface area contributed by atoms with E-state index in [1.54, 1.807) is 0 Å². The maximum Gasteiger partial charge on any atom is 0.134 e. The molecule has 1 atom stereocenters. The largest absolute Gasteiger partial charge is 0.488 e. The van der Waals surface area contributed by atoms with Crippen molar-refractivity contribution in [3.8, 4) is 5.75 Å². The summed E-state index contributed by atoms with van der Waals surface area (Å²) in [5, 5.41) is 3.30. The molecule has 0 spiro atoms. The first-order valence-corrected chi connectivity index (χ1v) is 6.10. The first-order valence-electron chi connectivity index (χ1n) is 5.31. The molecule has 1 aromatic rings. The summed E-state index contributed by atoms with van der Waals surface area (Å²) in [6.45, 7) is 6.25. The molecule has 0 bridgehead atoms. The highest BCUT2D eigenvalue weighted by molar-refractivity contribution is 9.10. The fraction of sp³-hybridized carbons (Fsp3) is 0.500. The zero-order chi connectivity index (χ0) is 10.8. The topological polar surface area (TPSA) is 21.3 Å². The maximum atomic E-state index is 5.93. The van der Waals surface area contributed by atoms with Gasteiger partial charge in [0.15, 0.2) is 0 Å². The summed E-state index contributed by atoms with van der Waals surface area (Å²) in [5.41, 5.74) is 2.57. The fourth-order valence-electron chi connectivity index (χ4n) is 1.75. The van der Waals surface area contributed by atoms with Gasteiger partial charge in [0, 0.05) is 6.54 Å². The molecule has 1 unspecified atom stereocenters. The van der Waals surface area contributed by atoms with Crippen LogP contribution in [0.3, 0.4) is 0 Å². The van der Waals surface area contributed by atoms with Crippen LogP contribution in [0, 0.1) is 13.8 Å². The van der Waals surface area contributed by atoms with Gasteiger partial charge in [-0.15, -0.1) is 0 Å². The Morgan fingerprint density at radius 2 is 2.07 bits per heavy atom. The highest BCUT2D eigenvalue weighted by Crippen LogP contribution is 2.29. The van der Waals surface area contributed by atoms with E-state index in [2.05, 4.69) is 47.2 Å². The molecule has 0 radical (unpaired) electrons. The van der Waals surface area contributed by atoms with E-state index in [9.17, 15) is 0 Å². The first kappa shape index (κ1) is 11.0. The summed E-state index contributed by atoms with van der Waals surface area (Å²) in [4.78, 5) is 0. The Morgan fingerprint density at radius 1 is 1.33 bits per heavy atom. The number of rotatable bonds is 2. The summed E-state index contributed by atoms with van der Waals surface area (Å²) in [6.07, 6.45) is 1.42. The van der Waals surface area contributed by atoms with E-state index in [0.717, 1.165) is 29.7 Å². The van der Waals surface area contributed by atoms with Gasteiger partial charge in [0.1, 0.15) is 11.9 Å². The molecular weight excluding hydrogens is 254 g/mol. The van der Waals surface area contributed by atoms with Gasteiger partial charge in [-0.2, -0.15) is 0 Å². The Bertz CT molecular complexity index is 359. The first-order chi connectivity index (χ1) is 7.16. The predicted molar refractivity (Wildman–Crippen MR) is 65.5 cm³/mol. The summed E-state index contributed by atoms with van der Waals surface area (Å²) < 4.78 is 6.99. The van der Waals surface area contributed by atoms with Crippen LogP contribution in [0.2, 0.25) is 0 Å². The van der Waals surface area contributed by atoms with Gasteiger partial charge < -0.3 is 10.1 Å². The fourth-order valence-corrected chi connectivity index (χ4v) is 2.30. The molecule has 82 valence electrons. The molecule has 1 aliphatic heterocycles. The van der Waals surface area contributed by atoms with Crippen molar-refractivity contribution < 1.29 is 4.74 Å². The Kier molecular flexibility index (Phi) is 3.32. The summed E-state index contributed by atoms with van der Waals surface area (Å²) >= 11 is 3.54. The van der Waals surface area contributed by atoms with E-state index in [1.165, 1.54) is 11.1 Å². The van der Waals surface area contributed by atoms with Crippen molar-refractivity contribution in [2.24, 2.45) is 0 Å². The van der Waals surface area contributed by atoms with E-state index < -0.39 is 0 Å². The van der Waals surface area contributed by atoms with Crippen LogP contribution in [0.5, 0.6) is 5.75 Å². The SMILES string of the molecule is Cc1cc(Br)c(OC2CCNC2)cc1C. The highest BCUT2D eigenvalue weighted by Gasteiger charge is 2.17. The molecule has 2 rings (SSSR count). The maximum absolute atomic E-state index is 5.93. The van der Waals surface area contributed by atoms with Crippen LogP contribution < -0.4 is 10.1 Å². The Hall–Kier alpha value is -0.540. The van der Waals surface area contributed by atoms with Crippen molar-refractivity contribution in [3.63, 3.8) is 0 Å². The second-order valence-electron chi connectivity index (χ2n) is 4.10. The van der Waals surface area contributed by atoms with Crippen molar-refractivity contribution >= 4 is 15.9 Å². The minimum absolute atomic E-state index is 0.323. The molecule has 15 heavy (non-hydrogen) atoms. The van der Waals surface area contributed by atoms with Gasteiger partial charge in [0.25, 0.3) is 0 Å². The molecule has 1 heterocycles. The molecule has 1 aliphatic rings. The number of benzene rings is 1. The third-order valence-corrected chi connectivity index (χ3v) is 3.48. The average molecular weight is 270 g/mol. The van der Waals surface area contributed by atoms with Crippen molar-refractivity contribution in [3.05, 3.63) is 27.7 Å². The van der Waals surface area contributed by atoms with Crippen LogP contribution in [0.25, 0.3) is 0 Å². The molecule has 2 nitrogen and oxygen atoms in total. The summed E-state index contributed by atoms with van der Waals surface area (Å²) in [6, 6.07) is 4.23. The molecular formula is C12H16BrNO. The van der Waals surface area contributed by atoms with Crippen molar-refractivity contribution in [1.29, 1.82) is 0 Å². The van der Waals surface area contributed by atoms with E-state index >= 15 is 0 Å². The molecule has 1 aromatic carbocycles. The Morgan fingerprint density at radius 3 is 2.73 bits per heavy atom. The van der Waals surface area contributed by atoms with Gasteiger partial charge >= 0.3 is 0 Å². The summed E-state index contributed by atoms with van der Waals surface area (Å²) in [7, 11) is 0. The molecule has 3 heteroatoms. The molecule has 1 N–H and O–H groups in total. The lowest BCUT2D eigenvalue weighted by Gasteiger charge is -2.15. The van der Waals surface area contributed by atoms with Crippen LogP contribution in [-0.2, 0) is 0 Å². The number of hydrogen-bond acceptors (Lipinski definition) is 2. The van der Waals surface area contributed by atoms with Crippen molar-refractivity contribution in [2.75, 3.05) is 13.1 Å². The minimum atomic E-state index is 0.323. The number of aryl methyl sites for hydroxylation is 2. The second kappa shape index (κ2) is 4.54. The molecule has 0 saturated carbocycles. The molecule has 0 aromatic heterocycles. The zero-order valence-electron chi connectivity index (χ0n) is 9.14. The lowest BCUT2D eigenvalue weighted by molar-refractivity contribution is 0.221. The van der Waals surface area contributed by atoms with Gasteiger partial charge in [-0.3, -0.25) is 0 Å². The zero-order valence-corrected chi connectivity index (χ0v) is 10.7. The smallest absolute Gasteiger partial charge is 0.134 e. The second-order valence-corrected chi connectivity index (χ2v) is 4.95. The van der Waals surface area contributed by atoms with Gasteiger partial charge in [-0.05, 0) is 66.0 Å². The number of halogens is 1. The highest BCUT2D eigenvalue weighted by atomic mass is 79.9. The van der Waals surface area contributed by atoms with E-state index in [1.807, 2.05) is 0 Å². The third-order valence-electron chi connectivity index (χ3n) is 2.86. The Labute approximate surface area is 99.1 Å². The van der Waals surface area contributed by atoms with E-state index in [-0.39, 0.29) is 0 Å². The van der Waals surface area contributed by atoms with E-state index in [0.29, 0.717) is 6.10 Å². The molecule has 1 fully saturated rings. The van der Waals surface area contributed by atoms with Gasteiger partial charge in [0.2, 0.25) is 0 Å². The predicted octanol–water partition coefficient (Wildman–Crippen LogP) is 2.81. The third kappa shape index (κ3) is 2.52. The minimum Gasteiger partial charge on any atom is -0.488 e.